The molecule has 0 spiro atoms. The summed E-state index contributed by atoms with van der Waals surface area (Å²) in [4.78, 5) is 9.42. The lowest BCUT2D eigenvalue weighted by Crippen LogP contribution is -2.56. The van der Waals surface area contributed by atoms with Gasteiger partial charge in [0.25, 0.3) is 5.19 Å². The maximum atomic E-state index is 10.1. The molecule has 2 saturated heterocycles. The van der Waals surface area contributed by atoms with Gasteiger partial charge in [-0.1, -0.05) is 35.6 Å². The summed E-state index contributed by atoms with van der Waals surface area (Å²) >= 11 is 1.57. The summed E-state index contributed by atoms with van der Waals surface area (Å²) in [6, 6.07) is 17.1. The number of ether oxygens (including phenoxy) is 1. The molecule has 1 aromatic heterocycles. The van der Waals surface area contributed by atoms with Crippen molar-refractivity contribution in [3.8, 4) is 10.9 Å². The van der Waals surface area contributed by atoms with Crippen LogP contribution in [-0.2, 0) is 6.54 Å². The van der Waals surface area contributed by atoms with Crippen LogP contribution >= 0.6 is 11.3 Å². The summed E-state index contributed by atoms with van der Waals surface area (Å²) in [6.45, 7) is 6.13. The smallest absolute Gasteiger partial charge is 0.279 e. The molecule has 0 amide bonds. The normalized spacial score (nSPS) is 23.9. The van der Waals surface area contributed by atoms with Gasteiger partial charge in [0.05, 0.1) is 10.2 Å². The number of rotatable bonds is 5. The van der Waals surface area contributed by atoms with Crippen LogP contribution in [0.5, 0.6) is 10.9 Å². The quantitative estimate of drug-likeness (QED) is 0.644. The molecule has 0 radical (unpaired) electrons. The molecule has 30 heavy (non-hydrogen) atoms. The van der Waals surface area contributed by atoms with Crippen molar-refractivity contribution < 1.29 is 9.84 Å². The Bertz CT molecular complexity index is 955. The molecule has 5 rings (SSSR count). The zero-order chi connectivity index (χ0) is 20.5. The highest BCUT2D eigenvalue weighted by molar-refractivity contribution is 7.20. The monoisotopic (exact) mass is 423 g/mol. The van der Waals surface area contributed by atoms with Gasteiger partial charge in [0.15, 0.2) is 0 Å². The molecule has 0 aliphatic carbocycles. The highest BCUT2D eigenvalue weighted by atomic mass is 32.1. The largest absolute Gasteiger partial charge is 0.431 e. The van der Waals surface area contributed by atoms with Gasteiger partial charge in [0, 0.05) is 25.7 Å². The topological polar surface area (TPSA) is 48.8 Å². The third kappa shape index (κ3) is 4.23. The van der Waals surface area contributed by atoms with Crippen LogP contribution in [0.4, 0.5) is 0 Å². The van der Waals surface area contributed by atoms with Crippen molar-refractivity contribution >= 4 is 21.6 Å². The lowest BCUT2D eigenvalue weighted by atomic mass is 9.83. The van der Waals surface area contributed by atoms with E-state index in [0.29, 0.717) is 17.2 Å². The Kier molecular flexibility index (Phi) is 5.74. The SMILES string of the molecule is CC(O)N1CCC[C@@H]2CN(Cc3ccc(Oc4nc5ccccc5s4)cc3)CC[C@@H]21. The van der Waals surface area contributed by atoms with Crippen molar-refractivity contribution in [3.05, 3.63) is 54.1 Å². The molecular weight excluding hydrogens is 394 g/mol. The second kappa shape index (κ2) is 8.63. The molecule has 6 heteroatoms. The molecule has 2 aliphatic rings. The number of fused-ring (bicyclic) bond motifs is 2. The van der Waals surface area contributed by atoms with E-state index in [1.165, 1.54) is 18.4 Å². The zero-order valence-corrected chi connectivity index (χ0v) is 18.2. The Hall–Kier alpha value is -1.99. The minimum absolute atomic E-state index is 0.327. The van der Waals surface area contributed by atoms with Crippen molar-refractivity contribution in [1.29, 1.82) is 0 Å². The number of piperidine rings is 2. The molecule has 1 N–H and O–H groups in total. The Morgan fingerprint density at radius 1 is 1.13 bits per heavy atom. The summed E-state index contributed by atoms with van der Waals surface area (Å²) in [5, 5.41) is 10.8. The average Bonchev–Trinajstić information content (AvgIpc) is 3.17. The van der Waals surface area contributed by atoms with E-state index >= 15 is 0 Å². The molecule has 3 atom stereocenters. The van der Waals surface area contributed by atoms with Gasteiger partial charge >= 0.3 is 0 Å². The van der Waals surface area contributed by atoms with Crippen molar-refractivity contribution in [2.24, 2.45) is 5.92 Å². The number of benzene rings is 2. The molecule has 2 fully saturated rings. The standard InChI is InChI=1S/C24H29N3O2S/c1-17(28)27-13-4-5-19-16-26(14-12-22(19)27)15-18-8-10-20(11-9-18)29-24-25-21-6-2-3-7-23(21)30-24/h2-3,6-11,17,19,22,28H,4-5,12-16H2,1H3/t17?,19-,22+/m1/s1. The number of aliphatic hydroxyl groups is 1. The van der Waals surface area contributed by atoms with Crippen LogP contribution in [0, 0.1) is 5.92 Å². The van der Waals surface area contributed by atoms with Crippen LogP contribution in [0.1, 0.15) is 31.7 Å². The number of thiazole rings is 1. The van der Waals surface area contributed by atoms with Crippen LogP contribution in [0.2, 0.25) is 0 Å². The van der Waals surface area contributed by atoms with Gasteiger partial charge in [-0.3, -0.25) is 9.80 Å². The molecule has 1 unspecified atom stereocenters. The molecule has 0 saturated carbocycles. The van der Waals surface area contributed by atoms with Gasteiger partial charge in [0.2, 0.25) is 0 Å². The Morgan fingerprint density at radius 3 is 2.77 bits per heavy atom. The third-order valence-electron chi connectivity index (χ3n) is 6.48. The molecule has 5 nitrogen and oxygen atoms in total. The molecule has 158 valence electrons. The van der Waals surface area contributed by atoms with Crippen LogP contribution in [0.15, 0.2) is 48.5 Å². The molecule has 3 heterocycles. The maximum Gasteiger partial charge on any atom is 0.279 e. The zero-order valence-electron chi connectivity index (χ0n) is 17.4. The van der Waals surface area contributed by atoms with E-state index in [2.05, 4.69) is 33.0 Å². The predicted octanol–water partition coefficient (Wildman–Crippen LogP) is 4.71. The van der Waals surface area contributed by atoms with Gasteiger partial charge in [0.1, 0.15) is 12.0 Å². The van der Waals surface area contributed by atoms with Crippen LogP contribution in [0.3, 0.4) is 0 Å². The first-order valence-electron chi connectivity index (χ1n) is 10.9. The highest BCUT2D eigenvalue weighted by Crippen LogP contribution is 2.33. The van der Waals surface area contributed by atoms with E-state index in [0.717, 1.165) is 48.6 Å². The molecule has 2 aliphatic heterocycles. The first-order chi connectivity index (χ1) is 14.7. The van der Waals surface area contributed by atoms with E-state index in [1.807, 2.05) is 37.3 Å². The fraction of sp³-hybridized carbons (Fsp3) is 0.458. The number of aromatic nitrogens is 1. The fourth-order valence-electron chi connectivity index (χ4n) is 5.04. The van der Waals surface area contributed by atoms with Crippen molar-refractivity contribution in [3.63, 3.8) is 0 Å². The maximum absolute atomic E-state index is 10.1. The van der Waals surface area contributed by atoms with E-state index in [4.69, 9.17) is 4.74 Å². The predicted molar refractivity (Wildman–Crippen MR) is 121 cm³/mol. The average molecular weight is 424 g/mol. The van der Waals surface area contributed by atoms with Gasteiger partial charge in [-0.25, -0.2) is 4.98 Å². The van der Waals surface area contributed by atoms with Crippen LogP contribution in [-0.4, -0.2) is 51.8 Å². The minimum atomic E-state index is -0.327. The Balaban J connectivity index is 1.19. The summed E-state index contributed by atoms with van der Waals surface area (Å²) in [5.41, 5.74) is 2.29. The number of para-hydroxylation sites is 1. The second-order valence-corrected chi connectivity index (χ2v) is 9.55. The number of likely N-dealkylation sites (tertiary alicyclic amines) is 2. The Labute approximate surface area is 181 Å². The highest BCUT2D eigenvalue weighted by Gasteiger charge is 2.37. The second-order valence-electron chi connectivity index (χ2n) is 8.56. The number of hydrogen-bond acceptors (Lipinski definition) is 6. The van der Waals surface area contributed by atoms with Crippen LogP contribution < -0.4 is 4.74 Å². The number of aliphatic hydroxyl groups excluding tert-OH is 1. The van der Waals surface area contributed by atoms with Gasteiger partial charge in [-0.15, -0.1) is 0 Å². The van der Waals surface area contributed by atoms with Crippen molar-refractivity contribution in [2.45, 2.75) is 45.0 Å². The van der Waals surface area contributed by atoms with Gasteiger partial charge in [-0.05, 0) is 68.5 Å². The van der Waals surface area contributed by atoms with Crippen LogP contribution in [0.25, 0.3) is 10.2 Å². The van der Waals surface area contributed by atoms with Gasteiger partial charge in [-0.2, -0.15) is 0 Å². The van der Waals surface area contributed by atoms with E-state index in [9.17, 15) is 5.11 Å². The third-order valence-corrected chi connectivity index (χ3v) is 7.40. The summed E-state index contributed by atoms with van der Waals surface area (Å²) in [6.07, 6.45) is 3.29. The minimum Gasteiger partial charge on any atom is -0.431 e. The number of nitrogens with zero attached hydrogens (tertiary/aromatic N) is 3. The first kappa shape index (κ1) is 19.9. The van der Waals surface area contributed by atoms with E-state index in [1.54, 1.807) is 11.3 Å². The van der Waals surface area contributed by atoms with E-state index in [-0.39, 0.29) is 6.23 Å². The van der Waals surface area contributed by atoms with Crippen molar-refractivity contribution in [1.82, 2.24) is 14.8 Å². The fourth-order valence-corrected chi connectivity index (χ4v) is 5.88. The van der Waals surface area contributed by atoms with E-state index < -0.39 is 0 Å². The van der Waals surface area contributed by atoms with Crippen molar-refractivity contribution in [2.75, 3.05) is 19.6 Å². The first-order valence-corrected chi connectivity index (χ1v) is 11.8. The summed E-state index contributed by atoms with van der Waals surface area (Å²) in [7, 11) is 0. The summed E-state index contributed by atoms with van der Waals surface area (Å²) in [5.74, 6) is 1.50. The molecule has 0 bridgehead atoms. The Morgan fingerprint density at radius 2 is 1.97 bits per heavy atom. The summed E-state index contributed by atoms with van der Waals surface area (Å²) < 4.78 is 7.12. The van der Waals surface area contributed by atoms with Gasteiger partial charge < -0.3 is 9.84 Å². The molecular formula is C24H29N3O2S. The lowest BCUT2D eigenvalue weighted by Gasteiger charge is -2.48. The molecule has 2 aromatic carbocycles. The molecule has 3 aromatic rings. The lowest BCUT2D eigenvalue weighted by molar-refractivity contribution is -0.0724. The number of hydrogen-bond donors (Lipinski definition) is 1.